The second kappa shape index (κ2) is 4.61. The van der Waals surface area contributed by atoms with E-state index in [4.69, 9.17) is 4.74 Å². The number of hydrogen-bond donors (Lipinski definition) is 0. The Morgan fingerprint density at radius 2 is 2.06 bits per heavy atom. The van der Waals surface area contributed by atoms with Crippen molar-refractivity contribution in [3.8, 4) is 0 Å². The summed E-state index contributed by atoms with van der Waals surface area (Å²) in [4.78, 5) is 16.2. The van der Waals surface area contributed by atoms with E-state index in [-0.39, 0.29) is 4.88 Å². The molecule has 1 saturated heterocycles. The van der Waals surface area contributed by atoms with Crippen LogP contribution in [0.4, 0.5) is 18.3 Å². The lowest BCUT2D eigenvalue weighted by Crippen LogP contribution is -2.36. The van der Waals surface area contributed by atoms with Crippen LogP contribution in [0.15, 0.2) is 6.20 Å². The van der Waals surface area contributed by atoms with E-state index in [1.807, 2.05) is 0 Å². The summed E-state index contributed by atoms with van der Waals surface area (Å²) in [6.07, 6.45) is -3.86. The third-order valence-corrected chi connectivity index (χ3v) is 3.31. The molecular weight excluding hydrogens is 257 g/mol. The molecule has 17 heavy (non-hydrogen) atoms. The summed E-state index contributed by atoms with van der Waals surface area (Å²) in [7, 11) is 0. The van der Waals surface area contributed by atoms with Gasteiger partial charge in [-0.2, -0.15) is 13.2 Å². The van der Waals surface area contributed by atoms with E-state index in [1.54, 1.807) is 4.90 Å². The zero-order chi connectivity index (χ0) is 12.5. The Bertz CT molecular complexity index is 413. The highest BCUT2D eigenvalue weighted by molar-refractivity contribution is 7.17. The van der Waals surface area contributed by atoms with Crippen LogP contribution in [0.1, 0.15) is 9.67 Å². The first kappa shape index (κ1) is 12.3. The van der Waals surface area contributed by atoms with Crippen LogP contribution in [0.25, 0.3) is 0 Å². The number of carbonyl (C=O) groups excluding carboxylic acids is 1. The first-order chi connectivity index (χ1) is 7.98. The molecule has 0 unspecified atom stereocenters. The number of carbonyl (C=O) groups is 1. The molecule has 0 N–H and O–H groups in total. The van der Waals surface area contributed by atoms with Gasteiger partial charge in [-0.1, -0.05) is 11.3 Å². The number of rotatable bonds is 2. The largest absolute Gasteiger partial charge is 0.455 e. The first-order valence-electron chi connectivity index (χ1n) is 4.88. The van der Waals surface area contributed by atoms with Gasteiger partial charge in [0.05, 0.1) is 19.4 Å². The fraction of sp³-hybridized carbons (Fsp3) is 0.556. The van der Waals surface area contributed by atoms with Crippen molar-refractivity contribution in [3.05, 3.63) is 11.1 Å². The summed E-state index contributed by atoms with van der Waals surface area (Å²) < 4.78 is 41.7. The van der Waals surface area contributed by atoms with E-state index in [0.717, 1.165) is 17.5 Å². The molecule has 8 heteroatoms. The van der Waals surface area contributed by atoms with Crippen LogP contribution in [0.3, 0.4) is 0 Å². The maximum Gasteiger partial charge on any atom is 0.455 e. The van der Waals surface area contributed by atoms with E-state index in [0.29, 0.717) is 31.4 Å². The van der Waals surface area contributed by atoms with Gasteiger partial charge in [-0.3, -0.25) is 4.79 Å². The monoisotopic (exact) mass is 266 g/mol. The van der Waals surface area contributed by atoms with Crippen LogP contribution in [0, 0.1) is 0 Å². The summed E-state index contributed by atoms with van der Waals surface area (Å²) in [5.41, 5.74) is 0. The molecule has 0 spiro atoms. The van der Waals surface area contributed by atoms with Gasteiger partial charge in [-0.05, 0) is 0 Å². The molecule has 0 radical (unpaired) electrons. The van der Waals surface area contributed by atoms with E-state index in [1.165, 1.54) is 0 Å². The smallest absolute Gasteiger partial charge is 0.378 e. The van der Waals surface area contributed by atoms with Gasteiger partial charge in [0.2, 0.25) is 0 Å². The van der Waals surface area contributed by atoms with Crippen LogP contribution in [-0.4, -0.2) is 43.2 Å². The number of nitrogens with zero attached hydrogens (tertiary/aromatic N) is 2. The molecule has 0 aliphatic carbocycles. The summed E-state index contributed by atoms with van der Waals surface area (Å²) in [5, 5.41) is 0.431. The van der Waals surface area contributed by atoms with Crippen molar-refractivity contribution < 1.29 is 22.7 Å². The fourth-order valence-corrected chi connectivity index (χ4v) is 2.34. The molecular formula is C9H9F3N2O2S. The van der Waals surface area contributed by atoms with E-state index in [2.05, 4.69) is 4.98 Å². The molecule has 4 nitrogen and oxygen atoms in total. The minimum absolute atomic E-state index is 0.376. The summed E-state index contributed by atoms with van der Waals surface area (Å²) >= 11 is 0.764. The molecule has 0 amide bonds. The Labute approximate surface area is 99.0 Å². The number of thiazole rings is 1. The minimum Gasteiger partial charge on any atom is -0.378 e. The van der Waals surface area contributed by atoms with Gasteiger partial charge in [0.1, 0.15) is 4.88 Å². The summed E-state index contributed by atoms with van der Waals surface area (Å²) in [6, 6.07) is 0. The molecule has 2 heterocycles. The lowest BCUT2D eigenvalue weighted by atomic mass is 10.3. The topological polar surface area (TPSA) is 42.4 Å². The molecule has 0 aromatic carbocycles. The molecule has 1 fully saturated rings. The Morgan fingerprint density at radius 1 is 1.41 bits per heavy atom. The van der Waals surface area contributed by atoms with Crippen LogP contribution in [-0.2, 0) is 4.74 Å². The Kier molecular flexibility index (Phi) is 3.34. The van der Waals surface area contributed by atoms with Crippen LogP contribution in [0.2, 0.25) is 0 Å². The van der Waals surface area contributed by atoms with Gasteiger partial charge in [0.25, 0.3) is 5.78 Å². The van der Waals surface area contributed by atoms with Gasteiger partial charge in [0.15, 0.2) is 5.13 Å². The van der Waals surface area contributed by atoms with Gasteiger partial charge in [-0.25, -0.2) is 4.98 Å². The number of ketones is 1. The molecule has 0 saturated carbocycles. The minimum atomic E-state index is -4.84. The number of ether oxygens (including phenoxy) is 1. The predicted octanol–water partition coefficient (Wildman–Crippen LogP) is 1.72. The van der Waals surface area contributed by atoms with Crippen molar-refractivity contribution in [3.63, 3.8) is 0 Å². The van der Waals surface area contributed by atoms with E-state index >= 15 is 0 Å². The Morgan fingerprint density at radius 3 is 2.65 bits per heavy atom. The lowest BCUT2D eigenvalue weighted by Gasteiger charge is -2.25. The van der Waals surface area contributed by atoms with Crippen molar-refractivity contribution in [1.82, 2.24) is 4.98 Å². The van der Waals surface area contributed by atoms with Gasteiger partial charge < -0.3 is 9.64 Å². The second-order valence-corrected chi connectivity index (χ2v) is 4.44. The number of Topliss-reactive ketones (excluding diaryl/α,β-unsaturated/α-hetero) is 1. The van der Waals surface area contributed by atoms with Crippen molar-refractivity contribution in [2.45, 2.75) is 6.18 Å². The molecule has 1 aromatic rings. The Hall–Kier alpha value is -1.15. The molecule has 1 aliphatic rings. The molecule has 1 aromatic heterocycles. The van der Waals surface area contributed by atoms with Gasteiger partial charge in [-0.15, -0.1) is 0 Å². The predicted molar refractivity (Wildman–Crippen MR) is 55.5 cm³/mol. The normalized spacial score (nSPS) is 17.2. The number of morpholine rings is 1. The third-order valence-electron chi connectivity index (χ3n) is 2.26. The van der Waals surface area contributed by atoms with Gasteiger partial charge in [0, 0.05) is 13.1 Å². The average Bonchev–Trinajstić information content (AvgIpc) is 2.77. The fourth-order valence-electron chi connectivity index (χ4n) is 1.41. The number of halogens is 3. The lowest BCUT2D eigenvalue weighted by molar-refractivity contribution is -0.0882. The van der Waals surface area contributed by atoms with Crippen LogP contribution < -0.4 is 4.90 Å². The second-order valence-electron chi connectivity index (χ2n) is 3.43. The molecule has 0 atom stereocenters. The zero-order valence-corrected chi connectivity index (χ0v) is 9.48. The van der Waals surface area contributed by atoms with E-state index < -0.39 is 12.0 Å². The van der Waals surface area contributed by atoms with Crippen molar-refractivity contribution in [2.24, 2.45) is 0 Å². The molecule has 94 valence electrons. The summed E-state index contributed by atoms with van der Waals surface area (Å²) in [5.74, 6) is -1.84. The van der Waals surface area contributed by atoms with Crippen molar-refractivity contribution >= 4 is 22.3 Å². The number of alkyl halides is 3. The third kappa shape index (κ3) is 2.75. The molecule has 0 bridgehead atoms. The zero-order valence-electron chi connectivity index (χ0n) is 8.66. The molecule has 2 rings (SSSR count). The quantitative estimate of drug-likeness (QED) is 0.764. The van der Waals surface area contributed by atoms with Crippen LogP contribution >= 0.6 is 11.3 Å². The highest BCUT2D eigenvalue weighted by Crippen LogP contribution is 2.29. The van der Waals surface area contributed by atoms with Crippen LogP contribution in [0.5, 0.6) is 0 Å². The van der Waals surface area contributed by atoms with Crippen molar-refractivity contribution in [2.75, 3.05) is 31.2 Å². The van der Waals surface area contributed by atoms with Crippen molar-refractivity contribution in [1.29, 1.82) is 0 Å². The number of anilines is 1. The average molecular weight is 266 g/mol. The Balaban J connectivity index is 2.12. The maximum absolute atomic E-state index is 12.2. The number of hydrogen-bond acceptors (Lipinski definition) is 5. The highest BCUT2D eigenvalue weighted by Gasteiger charge is 2.40. The van der Waals surface area contributed by atoms with Gasteiger partial charge >= 0.3 is 6.18 Å². The SMILES string of the molecule is O=C(c1cnc(N2CCOCC2)s1)C(F)(F)F. The first-order valence-corrected chi connectivity index (χ1v) is 5.70. The highest BCUT2D eigenvalue weighted by atomic mass is 32.1. The van der Waals surface area contributed by atoms with E-state index in [9.17, 15) is 18.0 Å². The molecule has 1 aliphatic heterocycles. The summed E-state index contributed by atoms with van der Waals surface area (Å²) in [6.45, 7) is 2.19. The maximum atomic E-state index is 12.2. The number of aromatic nitrogens is 1. The standard InChI is InChI=1S/C9H9F3N2O2S/c10-9(11,12)7(15)6-5-13-8(17-6)14-1-3-16-4-2-14/h5H,1-4H2.